The number of ether oxygens (including phenoxy) is 1. The van der Waals surface area contributed by atoms with Crippen LogP contribution in [0.4, 0.5) is 13.6 Å². The minimum atomic E-state index is -5.57. The molecule has 6 nitrogen and oxygen atoms in total. The van der Waals surface area contributed by atoms with Gasteiger partial charge in [-0.3, -0.25) is 4.55 Å². The Kier molecular flexibility index (Phi) is 4.85. The Morgan fingerprint density at radius 2 is 1.89 bits per heavy atom. The van der Waals surface area contributed by atoms with Crippen LogP contribution in [0.15, 0.2) is 0 Å². The standard InChI is InChI=1S/C9H15F2NO5S/c10-9(11,18(14,15)16)6-17-8(13)12-7-4-2-1-3-5-7/h7H,1-6H2,(H,12,13)(H,14,15,16). The van der Waals surface area contributed by atoms with Gasteiger partial charge in [0.05, 0.1) is 0 Å². The van der Waals surface area contributed by atoms with E-state index >= 15 is 0 Å². The van der Waals surface area contributed by atoms with Crippen LogP contribution in [0.1, 0.15) is 32.1 Å². The van der Waals surface area contributed by atoms with Crippen molar-refractivity contribution in [2.45, 2.75) is 43.4 Å². The van der Waals surface area contributed by atoms with Gasteiger partial charge in [0.25, 0.3) is 0 Å². The molecular weight excluding hydrogens is 272 g/mol. The highest BCUT2D eigenvalue weighted by atomic mass is 32.2. The van der Waals surface area contributed by atoms with Crippen LogP contribution in [0, 0.1) is 0 Å². The fourth-order valence-electron chi connectivity index (χ4n) is 1.68. The van der Waals surface area contributed by atoms with E-state index in [1.54, 1.807) is 0 Å². The van der Waals surface area contributed by atoms with Gasteiger partial charge in [-0.1, -0.05) is 19.3 Å². The van der Waals surface area contributed by atoms with E-state index in [4.69, 9.17) is 4.55 Å². The van der Waals surface area contributed by atoms with Gasteiger partial charge in [-0.25, -0.2) is 4.79 Å². The van der Waals surface area contributed by atoms with Crippen molar-refractivity contribution in [3.8, 4) is 0 Å². The monoisotopic (exact) mass is 287 g/mol. The molecule has 1 rings (SSSR count). The average Bonchev–Trinajstić information content (AvgIpc) is 2.26. The second kappa shape index (κ2) is 5.79. The second-order valence-electron chi connectivity index (χ2n) is 4.17. The van der Waals surface area contributed by atoms with Gasteiger partial charge in [-0.2, -0.15) is 17.2 Å². The Hall–Kier alpha value is -0.960. The average molecular weight is 287 g/mol. The predicted molar refractivity (Wildman–Crippen MR) is 57.9 cm³/mol. The normalized spacial score (nSPS) is 18.4. The number of rotatable bonds is 4. The molecule has 1 saturated carbocycles. The third kappa shape index (κ3) is 4.37. The highest BCUT2D eigenvalue weighted by Crippen LogP contribution is 2.21. The maximum Gasteiger partial charge on any atom is 0.407 e. The largest absolute Gasteiger partial charge is 0.442 e. The first kappa shape index (κ1) is 15.1. The Morgan fingerprint density at radius 1 is 1.33 bits per heavy atom. The summed E-state index contributed by atoms with van der Waals surface area (Å²) < 4.78 is 58.2. The Bertz CT molecular complexity index is 392. The van der Waals surface area contributed by atoms with Gasteiger partial charge in [-0.15, -0.1) is 0 Å². The van der Waals surface area contributed by atoms with E-state index in [-0.39, 0.29) is 6.04 Å². The van der Waals surface area contributed by atoms with Gasteiger partial charge < -0.3 is 10.1 Å². The molecule has 106 valence electrons. The summed E-state index contributed by atoms with van der Waals surface area (Å²) in [4.78, 5) is 11.1. The molecule has 0 spiro atoms. The molecule has 0 aromatic carbocycles. The lowest BCUT2D eigenvalue weighted by Crippen LogP contribution is -2.40. The van der Waals surface area contributed by atoms with Crippen molar-refractivity contribution in [1.82, 2.24) is 5.32 Å². The van der Waals surface area contributed by atoms with Crippen molar-refractivity contribution in [2.75, 3.05) is 6.61 Å². The summed E-state index contributed by atoms with van der Waals surface area (Å²) in [6, 6.07) is -0.134. The Balaban J connectivity index is 2.37. The van der Waals surface area contributed by atoms with Crippen molar-refractivity contribution in [3.05, 3.63) is 0 Å². The zero-order valence-electron chi connectivity index (χ0n) is 9.56. The number of carbonyl (C=O) groups is 1. The van der Waals surface area contributed by atoms with Crippen LogP contribution in [0.2, 0.25) is 0 Å². The van der Waals surface area contributed by atoms with E-state index in [1.807, 2.05) is 0 Å². The predicted octanol–water partition coefficient (Wildman–Crippen LogP) is 1.53. The molecule has 1 aliphatic carbocycles. The number of alkyl carbamates (subject to hydrolysis) is 1. The van der Waals surface area contributed by atoms with Crippen molar-refractivity contribution < 1.29 is 31.3 Å². The van der Waals surface area contributed by atoms with Gasteiger partial charge in [0.15, 0.2) is 6.61 Å². The third-order valence-electron chi connectivity index (χ3n) is 2.68. The topological polar surface area (TPSA) is 92.7 Å². The van der Waals surface area contributed by atoms with E-state index in [0.29, 0.717) is 0 Å². The summed E-state index contributed by atoms with van der Waals surface area (Å²) >= 11 is 0. The molecule has 1 fully saturated rings. The molecule has 0 bridgehead atoms. The van der Waals surface area contributed by atoms with Crippen LogP contribution in [0.5, 0.6) is 0 Å². The second-order valence-corrected chi connectivity index (χ2v) is 5.72. The lowest BCUT2D eigenvalue weighted by Gasteiger charge is -2.22. The maximum atomic E-state index is 12.7. The quantitative estimate of drug-likeness (QED) is 0.765. The Morgan fingerprint density at radius 3 is 2.39 bits per heavy atom. The lowest BCUT2D eigenvalue weighted by molar-refractivity contribution is 0.00632. The first-order valence-corrected chi connectivity index (χ1v) is 6.94. The number of hydrogen-bond donors (Lipinski definition) is 2. The zero-order valence-corrected chi connectivity index (χ0v) is 10.4. The van der Waals surface area contributed by atoms with E-state index in [9.17, 15) is 22.0 Å². The van der Waals surface area contributed by atoms with E-state index in [1.165, 1.54) is 0 Å². The molecule has 1 amide bonds. The molecular formula is C9H15F2NO5S. The van der Waals surface area contributed by atoms with Crippen molar-refractivity contribution >= 4 is 16.2 Å². The van der Waals surface area contributed by atoms with Gasteiger partial charge in [0.1, 0.15) is 0 Å². The van der Waals surface area contributed by atoms with Crippen molar-refractivity contribution in [2.24, 2.45) is 0 Å². The van der Waals surface area contributed by atoms with Gasteiger partial charge in [0, 0.05) is 6.04 Å². The summed E-state index contributed by atoms with van der Waals surface area (Å²) in [6.07, 6.45) is 3.31. The lowest BCUT2D eigenvalue weighted by atomic mass is 9.96. The van der Waals surface area contributed by atoms with E-state index in [0.717, 1.165) is 32.1 Å². The number of alkyl halides is 2. The smallest absolute Gasteiger partial charge is 0.407 e. The first-order valence-electron chi connectivity index (χ1n) is 5.50. The van der Waals surface area contributed by atoms with E-state index < -0.39 is 28.1 Å². The summed E-state index contributed by atoms with van der Waals surface area (Å²) in [6.45, 7) is -1.70. The summed E-state index contributed by atoms with van der Waals surface area (Å²) in [5, 5.41) is -2.12. The van der Waals surface area contributed by atoms with Gasteiger partial charge in [0.2, 0.25) is 0 Å². The van der Waals surface area contributed by atoms with Crippen LogP contribution in [0.3, 0.4) is 0 Å². The Labute approximate surface area is 103 Å². The van der Waals surface area contributed by atoms with Crippen LogP contribution in [0.25, 0.3) is 0 Å². The van der Waals surface area contributed by atoms with Crippen LogP contribution in [-0.4, -0.2) is 37.0 Å². The zero-order chi connectivity index (χ0) is 13.8. The summed E-state index contributed by atoms with van der Waals surface area (Å²) in [5.74, 6) is 0. The van der Waals surface area contributed by atoms with Gasteiger partial charge >= 0.3 is 21.5 Å². The molecule has 0 atom stereocenters. The molecule has 0 radical (unpaired) electrons. The fraction of sp³-hybridized carbons (Fsp3) is 0.889. The summed E-state index contributed by atoms with van der Waals surface area (Å²) in [7, 11) is -5.57. The van der Waals surface area contributed by atoms with Crippen LogP contribution in [-0.2, 0) is 14.9 Å². The fourth-order valence-corrected chi connectivity index (χ4v) is 1.89. The number of amides is 1. The number of carbonyl (C=O) groups excluding carboxylic acids is 1. The van der Waals surface area contributed by atoms with Crippen LogP contribution >= 0.6 is 0 Å². The number of hydrogen-bond acceptors (Lipinski definition) is 4. The SMILES string of the molecule is O=C(NC1CCCCC1)OCC(F)(F)S(=O)(=O)O. The molecule has 9 heteroatoms. The van der Waals surface area contributed by atoms with Crippen LogP contribution < -0.4 is 5.32 Å². The third-order valence-corrected chi connectivity index (χ3v) is 3.55. The molecule has 0 aromatic rings. The highest BCUT2D eigenvalue weighted by Gasteiger charge is 2.45. The number of halogens is 2. The summed E-state index contributed by atoms with van der Waals surface area (Å²) in [5.41, 5.74) is 0. The minimum absolute atomic E-state index is 0.134. The molecule has 0 heterocycles. The molecule has 0 unspecified atom stereocenters. The van der Waals surface area contributed by atoms with Gasteiger partial charge in [-0.05, 0) is 12.8 Å². The maximum absolute atomic E-state index is 12.7. The van der Waals surface area contributed by atoms with Crippen molar-refractivity contribution in [1.29, 1.82) is 0 Å². The minimum Gasteiger partial charge on any atom is -0.442 e. The van der Waals surface area contributed by atoms with E-state index in [2.05, 4.69) is 10.1 Å². The molecule has 0 aliphatic heterocycles. The molecule has 18 heavy (non-hydrogen) atoms. The number of nitrogens with one attached hydrogen (secondary N) is 1. The molecule has 0 aromatic heterocycles. The van der Waals surface area contributed by atoms with Crippen molar-refractivity contribution in [3.63, 3.8) is 0 Å². The molecule has 1 aliphatic rings. The molecule has 0 saturated heterocycles. The first-order chi connectivity index (χ1) is 8.22. The molecule has 2 N–H and O–H groups in total. The highest BCUT2D eigenvalue weighted by molar-refractivity contribution is 7.86.